The van der Waals surface area contributed by atoms with Crippen LogP contribution in [0.3, 0.4) is 0 Å². The van der Waals surface area contributed by atoms with E-state index in [0.29, 0.717) is 5.69 Å². The van der Waals surface area contributed by atoms with E-state index in [0.717, 1.165) is 16.1 Å². The number of nitrogens with zero attached hydrogens (tertiary/aromatic N) is 3. The van der Waals surface area contributed by atoms with E-state index in [9.17, 15) is 14.7 Å². The van der Waals surface area contributed by atoms with Gasteiger partial charge in [-0.3, -0.25) is 14.7 Å². The summed E-state index contributed by atoms with van der Waals surface area (Å²) in [6.45, 7) is 9.14. The Morgan fingerprint density at radius 2 is 2.07 bits per heavy atom. The van der Waals surface area contributed by atoms with Crippen LogP contribution in [-0.2, 0) is 9.53 Å². The molecule has 162 valence electrons. The van der Waals surface area contributed by atoms with E-state index in [-0.39, 0.29) is 24.9 Å². The maximum atomic E-state index is 12.8. The first kappa shape index (κ1) is 22.2. The van der Waals surface area contributed by atoms with Gasteiger partial charge in [0, 0.05) is 18.2 Å². The Kier molecular flexibility index (Phi) is 6.42. The molecule has 30 heavy (non-hydrogen) atoms. The van der Waals surface area contributed by atoms with Gasteiger partial charge < -0.3 is 15.2 Å². The zero-order chi connectivity index (χ0) is 22.1. The van der Waals surface area contributed by atoms with Crippen molar-refractivity contribution >= 4 is 23.3 Å². The highest BCUT2D eigenvalue weighted by atomic mass is 32.1. The molecule has 0 aromatic carbocycles. The molecular weight excluding hydrogens is 404 g/mol. The molecule has 1 aliphatic rings. The van der Waals surface area contributed by atoms with E-state index >= 15 is 0 Å². The molecular formula is C21H28N4O4S. The van der Waals surface area contributed by atoms with Crippen molar-refractivity contribution in [1.82, 2.24) is 20.2 Å². The Bertz CT molecular complexity index is 906. The molecule has 0 bridgehead atoms. The summed E-state index contributed by atoms with van der Waals surface area (Å²) in [5, 5.41) is 12.9. The first-order chi connectivity index (χ1) is 14.0. The van der Waals surface area contributed by atoms with Crippen LogP contribution in [0.2, 0.25) is 0 Å². The lowest BCUT2D eigenvalue weighted by atomic mass is 10.1. The van der Waals surface area contributed by atoms with E-state index in [4.69, 9.17) is 4.74 Å². The quantitative estimate of drug-likeness (QED) is 0.769. The monoisotopic (exact) mass is 432 g/mol. The van der Waals surface area contributed by atoms with Crippen LogP contribution < -0.4 is 5.32 Å². The minimum absolute atomic E-state index is 0.0720. The van der Waals surface area contributed by atoms with Gasteiger partial charge in [0.15, 0.2) is 0 Å². The van der Waals surface area contributed by atoms with Crippen LogP contribution in [0.4, 0.5) is 4.79 Å². The number of rotatable bonds is 4. The maximum absolute atomic E-state index is 12.8. The van der Waals surface area contributed by atoms with Crippen molar-refractivity contribution < 1.29 is 19.4 Å². The lowest BCUT2D eigenvalue weighted by molar-refractivity contribution is -0.126. The SMILES string of the molecule is Cc1ncsc1-c1ccc([C@H](C)NC(=O)[C@@H]2C[C@@H](O)CN2C(=O)OC(C)(C)C)nc1. The second-order valence-corrected chi connectivity index (χ2v) is 9.36. The summed E-state index contributed by atoms with van der Waals surface area (Å²) in [4.78, 5) is 36.4. The second kappa shape index (κ2) is 8.69. The molecule has 1 fully saturated rings. The summed E-state index contributed by atoms with van der Waals surface area (Å²) in [6, 6.07) is 2.69. The molecule has 0 radical (unpaired) electrons. The average Bonchev–Trinajstić information content (AvgIpc) is 3.26. The number of nitrogens with one attached hydrogen (secondary N) is 1. The van der Waals surface area contributed by atoms with Crippen LogP contribution >= 0.6 is 11.3 Å². The number of aliphatic hydroxyl groups excluding tert-OH is 1. The van der Waals surface area contributed by atoms with Gasteiger partial charge in [-0.05, 0) is 40.7 Å². The molecule has 3 rings (SSSR count). The molecule has 3 atom stereocenters. The second-order valence-electron chi connectivity index (χ2n) is 8.51. The molecule has 0 aliphatic carbocycles. The van der Waals surface area contributed by atoms with E-state index in [1.165, 1.54) is 4.90 Å². The molecule has 9 heteroatoms. The molecule has 1 aliphatic heterocycles. The third-order valence-electron chi connectivity index (χ3n) is 4.81. The summed E-state index contributed by atoms with van der Waals surface area (Å²) in [5.41, 5.74) is 3.76. The number of β-amino-alcohol motifs (C(OH)–C–C–N with tert-alkyl or cyclic N) is 1. The first-order valence-electron chi connectivity index (χ1n) is 9.89. The summed E-state index contributed by atoms with van der Waals surface area (Å²) in [5.74, 6) is -0.339. The van der Waals surface area contributed by atoms with Gasteiger partial charge in [-0.15, -0.1) is 11.3 Å². The molecule has 8 nitrogen and oxygen atoms in total. The largest absolute Gasteiger partial charge is 0.444 e. The van der Waals surface area contributed by atoms with Crippen molar-refractivity contribution in [2.45, 2.75) is 64.8 Å². The lowest BCUT2D eigenvalue weighted by Crippen LogP contribution is -2.48. The van der Waals surface area contributed by atoms with Crippen molar-refractivity contribution in [3.63, 3.8) is 0 Å². The number of aromatic nitrogens is 2. The summed E-state index contributed by atoms with van der Waals surface area (Å²) in [6.07, 6.45) is 0.581. The van der Waals surface area contributed by atoms with Gasteiger partial charge in [-0.25, -0.2) is 9.78 Å². The topological polar surface area (TPSA) is 105 Å². The Balaban J connectivity index is 1.66. The fourth-order valence-electron chi connectivity index (χ4n) is 3.34. The van der Waals surface area contributed by atoms with Crippen molar-refractivity contribution in [3.8, 4) is 10.4 Å². The Hall–Kier alpha value is -2.52. The van der Waals surface area contributed by atoms with Gasteiger partial charge >= 0.3 is 6.09 Å². The number of hydrogen-bond acceptors (Lipinski definition) is 7. The number of amides is 2. The van der Waals surface area contributed by atoms with Crippen LogP contribution in [0, 0.1) is 6.92 Å². The Morgan fingerprint density at radius 1 is 1.33 bits per heavy atom. The highest BCUT2D eigenvalue weighted by Crippen LogP contribution is 2.27. The van der Waals surface area contributed by atoms with Gasteiger partial charge in [-0.1, -0.05) is 6.07 Å². The van der Waals surface area contributed by atoms with Crippen molar-refractivity contribution in [2.75, 3.05) is 6.54 Å². The first-order valence-corrected chi connectivity index (χ1v) is 10.8. The summed E-state index contributed by atoms with van der Waals surface area (Å²) >= 11 is 1.56. The minimum atomic E-state index is -0.781. The number of thiazole rings is 1. The number of carbonyl (C=O) groups excluding carboxylic acids is 2. The number of hydrogen-bond donors (Lipinski definition) is 2. The van der Waals surface area contributed by atoms with Crippen molar-refractivity contribution in [3.05, 3.63) is 35.2 Å². The van der Waals surface area contributed by atoms with Gasteiger partial charge in [0.05, 0.1) is 40.5 Å². The minimum Gasteiger partial charge on any atom is -0.444 e. The smallest absolute Gasteiger partial charge is 0.411 e. The number of pyridine rings is 1. The van der Waals surface area contributed by atoms with Crippen molar-refractivity contribution in [1.29, 1.82) is 0 Å². The van der Waals surface area contributed by atoms with Gasteiger partial charge in [0.2, 0.25) is 5.91 Å². The number of aryl methyl sites for hydroxylation is 1. The van der Waals surface area contributed by atoms with Gasteiger partial charge in [0.1, 0.15) is 11.6 Å². The molecule has 2 amide bonds. The molecule has 2 aromatic heterocycles. The van der Waals surface area contributed by atoms with Crippen LogP contribution in [0.5, 0.6) is 0 Å². The highest BCUT2D eigenvalue weighted by Gasteiger charge is 2.41. The van der Waals surface area contributed by atoms with E-state index < -0.39 is 23.8 Å². The number of aliphatic hydroxyl groups is 1. The van der Waals surface area contributed by atoms with E-state index in [1.807, 2.05) is 26.0 Å². The third kappa shape index (κ3) is 5.14. The zero-order valence-corrected chi connectivity index (χ0v) is 18.7. The zero-order valence-electron chi connectivity index (χ0n) is 17.9. The van der Waals surface area contributed by atoms with E-state index in [2.05, 4.69) is 15.3 Å². The molecule has 2 N–H and O–H groups in total. The van der Waals surface area contributed by atoms with Gasteiger partial charge in [-0.2, -0.15) is 0 Å². The number of ether oxygens (including phenoxy) is 1. The molecule has 0 saturated carbocycles. The third-order valence-corrected chi connectivity index (χ3v) is 5.78. The fraction of sp³-hybridized carbons (Fsp3) is 0.524. The molecule has 0 unspecified atom stereocenters. The average molecular weight is 433 g/mol. The predicted molar refractivity (Wildman–Crippen MR) is 114 cm³/mol. The Labute approximate surface area is 180 Å². The lowest BCUT2D eigenvalue weighted by Gasteiger charge is -2.28. The van der Waals surface area contributed by atoms with Crippen molar-refractivity contribution in [2.24, 2.45) is 0 Å². The standard InChI is InChI=1S/C21H28N4O4S/c1-12(16-7-6-14(9-22-16)18-13(2)23-11-30-18)24-19(27)17-8-15(26)10-25(17)20(28)29-21(3,4)5/h6-7,9,11-12,15,17,26H,8,10H2,1-5H3,(H,24,27)/t12-,15+,17-/m0/s1. The predicted octanol–water partition coefficient (Wildman–Crippen LogP) is 3.06. The van der Waals surface area contributed by atoms with Crippen LogP contribution in [0.1, 0.15) is 51.5 Å². The number of likely N-dealkylation sites (tertiary alicyclic amines) is 1. The fourth-order valence-corrected chi connectivity index (χ4v) is 4.14. The molecule has 0 spiro atoms. The Morgan fingerprint density at radius 3 is 2.63 bits per heavy atom. The molecule has 1 saturated heterocycles. The van der Waals surface area contributed by atoms with Crippen LogP contribution in [-0.4, -0.2) is 56.3 Å². The summed E-state index contributed by atoms with van der Waals surface area (Å²) in [7, 11) is 0. The van der Waals surface area contributed by atoms with Gasteiger partial charge in [0.25, 0.3) is 0 Å². The van der Waals surface area contributed by atoms with Crippen LogP contribution in [0.15, 0.2) is 23.8 Å². The molecule has 2 aromatic rings. The maximum Gasteiger partial charge on any atom is 0.411 e. The van der Waals surface area contributed by atoms with Crippen LogP contribution in [0.25, 0.3) is 10.4 Å². The summed E-state index contributed by atoms with van der Waals surface area (Å²) < 4.78 is 5.38. The normalized spacial score (nSPS) is 20.1. The highest BCUT2D eigenvalue weighted by molar-refractivity contribution is 7.13. The van der Waals surface area contributed by atoms with E-state index in [1.54, 1.807) is 43.8 Å². The number of carbonyl (C=O) groups is 2. The molecule has 3 heterocycles.